The Bertz CT molecular complexity index is 1880. The number of primary amides is 1. The van der Waals surface area contributed by atoms with Crippen LogP contribution in [-0.2, 0) is 27.5 Å². The normalized spacial score (nSPS) is 16.2. The fourth-order valence-corrected chi connectivity index (χ4v) is 7.06. The largest absolute Gasteiger partial charge is 0.488 e. The molecule has 0 bridgehead atoms. The number of benzene rings is 3. The number of piperidine rings is 1. The maximum atomic E-state index is 15.3. The van der Waals surface area contributed by atoms with E-state index in [-0.39, 0.29) is 53.2 Å². The van der Waals surface area contributed by atoms with Crippen molar-refractivity contribution in [1.29, 1.82) is 5.26 Å². The number of nitrogens with zero attached hydrogens (tertiary/aromatic N) is 3. The van der Waals surface area contributed by atoms with E-state index in [9.17, 15) is 18.8 Å². The van der Waals surface area contributed by atoms with E-state index in [2.05, 4.69) is 0 Å². The summed E-state index contributed by atoms with van der Waals surface area (Å²) in [6, 6.07) is 14.1. The van der Waals surface area contributed by atoms with Crippen molar-refractivity contribution in [2.45, 2.75) is 75.4 Å². The summed E-state index contributed by atoms with van der Waals surface area (Å²) < 4.78 is 57.5. The van der Waals surface area contributed by atoms with E-state index in [4.69, 9.17) is 20.5 Å². The monoisotopic (exact) mass is 707 g/mol. The molecule has 2 heterocycles. The second kappa shape index (κ2) is 15.4. The molecular formula is C37H38F3N4O5S+. The number of anilines is 1. The van der Waals surface area contributed by atoms with E-state index in [1.165, 1.54) is 40.8 Å². The number of hydrogen-bond acceptors (Lipinski definition) is 8. The van der Waals surface area contributed by atoms with Crippen molar-refractivity contribution in [3.05, 3.63) is 88.2 Å². The number of rotatable bonds is 11. The summed E-state index contributed by atoms with van der Waals surface area (Å²) in [6.07, 6.45) is 2.66. The lowest BCUT2D eigenvalue weighted by molar-refractivity contribution is -0.434. The Morgan fingerprint density at radius 3 is 2.52 bits per heavy atom. The summed E-state index contributed by atoms with van der Waals surface area (Å²) >= 11 is 1.24. The number of thioether (sulfide) groups is 1. The van der Waals surface area contributed by atoms with Gasteiger partial charge in [0.2, 0.25) is 5.91 Å². The minimum Gasteiger partial charge on any atom is -0.488 e. The Hall–Kier alpha value is -4.83. The number of hydrogen-bond donors (Lipinski definition) is 1. The first kappa shape index (κ1) is 36.5. The molecule has 3 aromatic carbocycles. The Labute approximate surface area is 292 Å². The van der Waals surface area contributed by atoms with Gasteiger partial charge in [0, 0.05) is 35.2 Å². The summed E-state index contributed by atoms with van der Waals surface area (Å²) in [5.74, 6) is -4.64. The highest BCUT2D eigenvalue weighted by Gasteiger charge is 2.37. The lowest BCUT2D eigenvalue weighted by atomic mass is 10.0. The fraction of sp³-hybridized carbons (Fsp3) is 0.378. The van der Waals surface area contributed by atoms with E-state index >= 15 is 8.78 Å². The first-order valence-electron chi connectivity index (χ1n) is 16.2. The second-order valence-corrected chi connectivity index (χ2v) is 14.6. The molecular weight excluding hydrogens is 669 g/mol. The lowest BCUT2D eigenvalue weighted by Gasteiger charge is -2.33. The summed E-state index contributed by atoms with van der Waals surface area (Å²) in [5, 5.41) is 8.98. The molecule has 2 amide bonds. The van der Waals surface area contributed by atoms with Crippen molar-refractivity contribution in [2.75, 3.05) is 18.0 Å². The van der Waals surface area contributed by atoms with Crippen molar-refractivity contribution in [3.8, 4) is 11.8 Å². The third-order valence-corrected chi connectivity index (χ3v) is 9.79. The number of carbonyl (C=O) groups excluding carboxylic acids is 3. The highest BCUT2D eigenvalue weighted by molar-refractivity contribution is 8.00. The van der Waals surface area contributed by atoms with Gasteiger partial charge >= 0.3 is 11.9 Å². The van der Waals surface area contributed by atoms with E-state index < -0.39 is 40.8 Å². The third-order valence-electron chi connectivity index (χ3n) is 8.42. The number of ether oxygens (including phenoxy) is 2. The quantitative estimate of drug-likeness (QED) is 0.183. The van der Waals surface area contributed by atoms with Crippen molar-refractivity contribution in [2.24, 2.45) is 11.7 Å². The number of carbonyl (C=O) groups is 3. The van der Waals surface area contributed by atoms with Crippen molar-refractivity contribution < 1.29 is 41.6 Å². The predicted molar refractivity (Wildman–Crippen MR) is 181 cm³/mol. The average molecular weight is 708 g/mol. The van der Waals surface area contributed by atoms with Crippen LogP contribution in [0.3, 0.4) is 0 Å². The molecule has 1 fully saturated rings. The average Bonchev–Trinajstić information content (AvgIpc) is 3.39. The van der Waals surface area contributed by atoms with Crippen LogP contribution < -0.4 is 15.4 Å². The van der Waals surface area contributed by atoms with Crippen LogP contribution in [0.25, 0.3) is 0 Å². The molecule has 1 unspecified atom stereocenters. The van der Waals surface area contributed by atoms with Crippen LogP contribution in [0.4, 0.5) is 18.9 Å². The minimum absolute atomic E-state index is 0.000593. The van der Waals surface area contributed by atoms with Gasteiger partial charge in [0.25, 0.3) is 0 Å². The van der Waals surface area contributed by atoms with Gasteiger partial charge in [-0.2, -0.15) is 9.84 Å². The number of amides is 2. The van der Waals surface area contributed by atoms with Crippen LogP contribution in [0, 0.1) is 34.7 Å². The van der Waals surface area contributed by atoms with Gasteiger partial charge in [0.15, 0.2) is 24.4 Å². The Morgan fingerprint density at radius 2 is 1.86 bits per heavy atom. The molecule has 0 saturated carbocycles. The highest BCUT2D eigenvalue weighted by atomic mass is 32.2. The molecule has 13 heteroatoms. The van der Waals surface area contributed by atoms with Gasteiger partial charge in [-0.25, -0.2) is 18.0 Å². The first-order chi connectivity index (χ1) is 23.7. The maximum absolute atomic E-state index is 15.3. The summed E-state index contributed by atoms with van der Waals surface area (Å²) in [5.41, 5.74) is 6.41. The molecule has 5 rings (SSSR count). The van der Waals surface area contributed by atoms with Gasteiger partial charge in [0.1, 0.15) is 35.3 Å². The van der Waals surface area contributed by atoms with Gasteiger partial charge in [-0.1, -0.05) is 12.1 Å². The highest BCUT2D eigenvalue weighted by Crippen LogP contribution is 2.36. The van der Waals surface area contributed by atoms with Crippen LogP contribution in [0.2, 0.25) is 0 Å². The first-order valence-corrected chi connectivity index (χ1v) is 17.1. The van der Waals surface area contributed by atoms with Gasteiger partial charge in [-0.3, -0.25) is 9.59 Å². The molecule has 0 spiro atoms. The Morgan fingerprint density at radius 1 is 1.12 bits per heavy atom. The van der Waals surface area contributed by atoms with E-state index in [0.29, 0.717) is 48.5 Å². The minimum atomic E-state index is -1.03. The third kappa shape index (κ3) is 8.66. The molecule has 50 heavy (non-hydrogen) atoms. The summed E-state index contributed by atoms with van der Waals surface area (Å²) in [7, 11) is 0. The molecule has 2 aliphatic heterocycles. The summed E-state index contributed by atoms with van der Waals surface area (Å²) in [4.78, 5) is 39.6. The number of nitriles is 1. The van der Waals surface area contributed by atoms with E-state index in [1.54, 1.807) is 51.1 Å². The number of nitrogens with two attached hydrogens (primary N) is 1. The van der Waals surface area contributed by atoms with Crippen LogP contribution >= 0.6 is 11.8 Å². The van der Waals surface area contributed by atoms with Gasteiger partial charge in [-0.15, -0.1) is 11.8 Å². The zero-order valence-corrected chi connectivity index (χ0v) is 28.8. The molecule has 3 aromatic rings. The van der Waals surface area contributed by atoms with E-state index in [1.807, 2.05) is 11.0 Å². The molecule has 9 nitrogen and oxygen atoms in total. The number of fused-ring (bicyclic) bond motifs is 1. The summed E-state index contributed by atoms with van der Waals surface area (Å²) in [6.45, 7) is 6.04. The molecule has 0 aliphatic carbocycles. The molecule has 1 saturated heterocycles. The molecule has 0 radical (unpaired) electrons. The Balaban J connectivity index is 1.20. The standard InChI is InChI=1S/C37H37F3N4O5S/c1-37(2,3)49-32(45)12-9-23(35(42)46)19-44-20-27-26(36(44)47)5-4-6-30(27)48-21-24-8-11-31(34(40)33(24)39)50-25-13-15-43(16-14-25)29-10-7-22(18-41)17-28(29)38/h4-8,10-11,17,19,23,25H,9,12-16,20-21H2,1-3H3,(H-,42,46)/p+1/b44-19-. The second-order valence-electron chi connectivity index (χ2n) is 13.2. The fourth-order valence-electron chi connectivity index (χ4n) is 5.91. The van der Waals surface area contributed by atoms with Crippen LogP contribution in [0.1, 0.15) is 73.5 Å². The number of halogens is 3. The molecule has 262 valence electrons. The maximum Gasteiger partial charge on any atom is 0.420 e. The van der Waals surface area contributed by atoms with Crippen molar-refractivity contribution in [3.63, 3.8) is 0 Å². The lowest BCUT2D eigenvalue weighted by Crippen LogP contribution is -2.35. The van der Waals surface area contributed by atoms with Gasteiger partial charge < -0.3 is 20.1 Å². The molecule has 0 aromatic heterocycles. The van der Waals surface area contributed by atoms with Gasteiger partial charge in [0.05, 0.1) is 22.9 Å². The topological polar surface area (TPSA) is 126 Å². The smallest absolute Gasteiger partial charge is 0.420 e. The SMILES string of the molecule is CC(C)(C)OC(=O)CCC(/C=[N+]1/Cc2c(OCc3ccc(SC4CCN(c5ccc(C#N)cc5F)CC4)c(F)c3F)cccc2C1=O)C(N)=O. The van der Waals surface area contributed by atoms with E-state index in [0.717, 1.165) is 0 Å². The molecule has 2 N–H and O–H groups in total. The van der Waals surface area contributed by atoms with Crippen LogP contribution in [-0.4, -0.2) is 52.5 Å². The van der Waals surface area contributed by atoms with Crippen LogP contribution in [0.5, 0.6) is 5.75 Å². The molecule has 2 aliphatic rings. The Kier molecular flexibility index (Phi) is 11.2. The van der Waals surface area contributed by atoms with Crippen molar-refractivity contribution >= 4 is 41.4 Å². The zero-order chi connectivity index (χ0) is 36.2. The zero-order valence-electron chi connectivity index (χ0n) is 28.0. The molecule has 1 atom stereocenters. The number of esters is 1. The van der Waals surface area contributed by atoms with Gasteiger partial charge in [-0.05, 0) is 76.4 Å². The van der Waals surface area contributed by atoms with Crippen molar-refractivity contribution in [1.82, 2.24) is 0 Å². The predicted octanol–water partition coefficient (Wildman–Crippen LogP) is 6.28. The van der Waals surface area contributed by atoms with Crippen LogP contribution in [0.15, 0.2) is 53.4 Å².